The molecule has 2 amide bonds. The number of nitrogens with zero attached hydrogens (tertiary/aromatic N) is 1. The van der Waals surface area contributed by atoms with Crippen molar-refractivity contribution in [3.05, 3.63) is 59.7 Å². The van der Waals surface area contributed by atoms with E-state index in [2.05, 4.69) is 10.6 Å². The first-order valence-corrected chi connectivity index (χ1v) is 10.4. The highest BCUT2D eigenvalue weighted by molar-refractivity contribution is 5.94. The van der Waals surface area contributed by atoms with E-state index in [-0.39, 0.29) is 24.6 Å². The van der Waals surface area contributed by atoms with Crippen molar-refractivity contribution in [1.29, 1.82) is 0 Å². The lowest BCUT2D eigenvalue weighted by Gasteiger charge is -2.33. The number of carbonyl (C=O) groups excluding carboxylic acids is 2. The Labute approximate surface area is 176 Å². The highest BCUT2D eigenvalue weighted by Gasteiger charge is 2.24. The van der Waals surface area contributed by atoms with Crippen molar-refractivity contribution in [2.45, 2.75) is 31.9 Å². The number of piperazine rings is 1. The normalized spacial score (nSPS) is 18.3. The summed E-state index contributed by atoms with van der Waals surface area (Å²) in [6.45, 7) is 2.82. The first-order chi connectivity index (χ1) is 14.7. The van der Waals surface area contributed by atoms with Gasteiger partial charge >= 0.3 is 6.09 Å². The zero-order valence-corrected chi connectivity index (χ0v) is 16.9. The monoisotopic (exact) mass is 409 g/mol. The van der Waals surface area contributed by atoms with E-state index < -0.39 is 0 Å². The average molecular weight is 409 g/mol. The fraction of sp³-hybridized carbons (Fsp3) is 0.391. The number of fused-ring (bicyclic) bond motifs is 1. The summed E-state index contributed by atoms with van der Waals surface area (Å²) in [6.07, 6.45) is 1.76. The molecule has 0 unspecified atom stereocenters. The smallest absolute Gasteiger partial charge is 0.410 e. The predicted octanol–water partition coefficient (Wildman–Crippen LogP) is 2.95. The lowest BCUT2D eigenvalue weighted by atomic mass is 10.0. The number of rotatable bonds is 6. The van der Waals surface area contributed by atoms with Crippen LogP contribution >= 0.6 is 0 Å². The molecule has 1 saturated heterocycles. The summed E-state index contributed by atoms with van der Waals surface area (Å²) in [6, 6.07) is 15.6. The number of nitrogens with one attached hydrogen (secondary N) is 2. The van der Waals surface area contributed by atoms with Gasteiger partial charge in [-0.15, -0.1) is 0 Å². The van der Waals surface area contributed by atoms with Crippen molar-refractivity contribution in [3.63, 3.8) is 0 Å². The largest absolute Gasteiger partial charge is 0.494 e. The van der Waals surface area contributed by atoms with Crippen molar-refractivity contribution < 1.29 is 19.1 Å². The molecule has 158 valence electrons. The summed E-state index contributed by atoms with van der Waals surface area (Å²) >= 11 is 0. The highest BCUT2D eigenvalue weighted by atomic mass is 16.6. The second-order valence-corrected chi connectivity index (χ2v) is 7.64. The fourth-order valence-corrected chi connectivity index (χ4v) is 3.76. The second-order valence-electron chi connectivity index (χ2n) is 7.64. The molecule has 2 aromatic carbocycles. The van der Waals surface area contributed by atoms with Gasteiger partial charge in [0.2, 0.25) is 5.91 Å². The fourth-order valence-electron chi connectivity index (χ4n) is 3.76. The van der Waals surface area contributed by atoms with Crippen LogP contribution in [0.15, 0.2) is 48.5 Å². The SMILES string of the molecule is O=C1CCc2cc(OCC[C@@H]3CN(C(=O)OCc4ccccc4)CCN3)ccc2N1. The van der Waals surface area contributed by atoms with Gasteiger partial charge in [-0.1, -0.05) is 30.3 Å². The van der Waals surface area contributed by atoms with Crippen molar-refractivity contribution in [2.24, 2.45) is 0 Å². The van der Waals surface area contributed by atoms with Crippen LogP contribution in [0.5, 0.6) is 5.75 Å². The first kappa shape index (κ1) is 20.2. The number of hydrogen-bond acceptors (Lipinski definition) is 5. The van der Waals surface area contributed by atoms with Gasteiger partial charge in [0.25, 0.3) is 0 Å². The zero-order chi connectivity index (χ0) is 20.8. The molecular weight excluding hydrogens is 382 g/mol. The molecule has 2 aliphatic rings. The molecule has 2 aromatic rings. The third kappa shape index (κ3) is 5.30. The summed E-state index contributed by atoms with van der Waals surface area (Å²) in [5.41, 5.74) is 2.96. The van der Waals surface area contributed by atoms with Gasteiger partial charge in [0, 0.05) is 37.8 Å². The molecule has 0 radical (unpaired) electrons. The lowest BCUT2D eigenvalue weighted by molar-refractivity contribution is -0.116. The van der Waals surface area contributed by atoms with Crippen LogP contribution in [0.4, 0.5) is 10.5 Å². The minimum Gasteiger partial charge on any atom is -0.494 e. The van der Waals surface area contributed by atoms with Gasteiger partial charge < -0.3 is 25.0 Å². The van der Waals surface area contributed by atoms with E-state index in [0.29, 0.717) is 26.1 Å². The summed E-state index contributed by atoms with van der Waals surface area (Å²) < 4.78 is 11.4. The maximum absolute atomic E-state index is 12.4. The Morgan fingerprint density at radius 1 is 1.13 bits per heavy atom. The molecule has 30 heavy (non-hydrogen) atoms. The molecule has 1 atom stereocenters. The van der Waals surface area contributed by atoms with E-state index >= 15 is 0 Å². The topological polar surface area (TPSA) is 79.9 Å². The van der Waals surface area contributed by atoms with Gasteiger partial charge in [-0.3, -0.25) is 4.79 Å². The number of anilines is 1. The third-order valence-electron chi connectivity index (χ3n) is 5.43. The molecule has 0 aromatic heterocycles. The predicted molar refractivity (Wildman–Crippen MR) is 113 cm³/mol. The molecule has 2 aliphatic heterocycles. The summed E-state index contributed by atoms with van der Waals surface area (Å²) in [4.78, 5) is 25.6. The van der Waals surface area contributed by atoms with Crippen LogP contribution in [0.1, 0.15) is 24.0 Å². The van der Waals surface area contributed by atoms with E-state index in [1.54, 1.807) is 4.90 Å². The van der Waals surface area contributed by atoms with Crippen LogP contribution in [0.3, 0.4) is 0 Å². The average Bonchev–Trinajstić information content (AvgIpc) is 2.78. The molecule has 0 bridgehead atoms. The van der Waals surface area contributed by atoms with Crippen molar-refractivity contribution in [2.75, 3.05) is 31.6 Å². The highest BCUT2D eigenvalue weighted by Crippen LogP contribution is 2.26. The van der Waals surface area contributed by atoms with Gasteiger partial charge in [-0.25, -0.2) is 4.79 Å². The van der Waals surface area contributed by atoms with Crippen LogP contribution in [-0.2, 0) is 22.6 Å². The molecule has 0 spiro atoms. The Bertz CT molecular complexity index is 887. The van der Waals surface area contributed by atoms with Crippen molar-refractivity contribution in [3.8, 4) is 5.75 Å². The molecule has 0 saturated carbocycles. The van der Waals surface area contributed by atoms with E-state index in [0.717, 1.165) is 42.0 Å². The van der Waals surface area contributed by atoms with Gasteiger partial charge in [0.15, 0.2) is 0 Å². The molecule has 7 heteroatoms. The lowest BCUT2D eigenvalue weighted by Crippen LogP contribution is -2.53. The standard InChI is InChI=1S/C23H27N3O4/c27-22-9-6-18-14-20(7-8-21(18)25-22)29-13-10-19-15-26(12-11-24-19)23(28)30-16-17-4-2-1-3-5-17/h1-5,7-8,14,19,24H,6,9-13,15-16H2,(H,25,27)/t19-/m1/s1. The van der Waals surface area contributed by atoms with Crippen LogP contribution in [0, 0.1) is 0 Å². The number of ether oxygens (including phenoxy) is 2. The Balaban J connectivity index is 1.21. The quantitative estimate of drug-likeness (QED) is 0.767. The van der Waals surface area contributed by atoms with Gasteiger partial charge in [0.1, 0.15) is 12.4 Å². The Morgan fingerprint density at radius 2 is 2.00 bits per heavy atom. The summed E-state index contributed by atoms with van der Waals surface area (Å²) in [5.74, 6) is 0.867. The summed E-state index contributed by atoms with van der Waals surface area (Å²) in [5, 5.41) is 6.32. The first-order valence-electron chi connectivity index (χ1n) is 10.4. The second kappa shape index (κ2) is 9.63. The van der Waals surface area contributed by atoms with E-state index in [9.17, 15) is 9.59 Å². The van der Waals surface area contributed by atoms with Crippen LogP contribution < -0.4 is 15.4 Å². The minimum absolute atomic E-state index is 0.0615. The number of benzene rings is 2. The minimum atomic E-state index is -0.275. The third-order valence-corrected chi connectivity index (χ3v) is 5.43. The molecule has 4 rings (SSSR count). The van der Waals surface area contributed by atoms with Crippen LogP contribution in [0.25, 0.3) is 0 Å². The molecular formula is C23H27N3O4. The van der Waals surface area contributed by atoms with E-state index in [1.165, 1.54) is 0 Å². The van der Waals surface area contributed by atoms with Crippen LogP contribution in [0.2, 0.25) is 0 Å². The Kier molecular flexibility index (Phi) is 6.49. The summed E-state index contributed by atoms with van der Waals surface area (Å²) in [7, 11) is 0. The Morgan fingerprint density at radius 3 is 2.87 bits per heavy atom. The van der Waals surface area contributed by atoms with E-state index in [4.69, 9.17) is 9.47 Å². The number of carbonyl (C=O) groups is 2. The number of amides is 2. The molecule has 1 fully saturated rings. The van der Waals surface area contributed by atoms with Gasteiger partial charge in [0.05, 0.1) is 6.61 Å². The maximum atomic E-state index is 12.4. The van der Waals surface area contributed by atoms with Gasteiger partial charge in [-0.2, -0.15) is 0 Å². The number of aryl methyl sites for hydroxylation is 1. The van der Waals surface area contributed by atoms with E-state index in [1.807, 2.05) is 48.5 Å². The van der Waals surface area contributed by atoms with Crippen molar-refractivity contribution >= 4 is 17.7 Å². The molecule has 2 heterocycles. The van der Waals surface area contributed by atoms with Crippen LogP contribution in [-0.4, -0.2) is 49.2 Å². The number of hydrogen-bond donors (Lipinski definition) is 2. The molecule has 7 nitrogen and oxygen atoms in total. The van der Waals surface area contributed by atoms with Crippen molar-refractivity contribution in [1.82, 2.24) is 10.2 Å². The van der Waals surface area contributed by atoms with Gasteiger partial charge in [-0.05, 0) is 42.2 Å². The maximum Gasteiger partial charge on any atom is 0.410 e. The molecule has 2 N–H and O–H groups in total. The molecule has 0 aliphatic carbocycles. The zero-order valence-electron chi connectivity index (χ0n) is 16.9. The Hall–Kier alpha value is -3.06.